The van der Waals surface area contributed by atoms with Gasteiger partial charge in [-0.25, -0.2) is 5.06 Å². The van der Waals surface area contributed by atoms with Gasteiger partial charge in [-0.05, 0) is 19.1 Å². The van der Waals surface area contributed by atoms with Gasteiger partial charge in [-0.1, -0.05) is 12.1 Å². The van der Waals surface area contributed by atoms with Crippen molar-refractivity contribution in [2.75, 3.05) is 14.2 Å². The zero-order valence-electron chi connectivity index (χ0n) is 10.9. The Bertz CT molecular complexity index is 520. The van der Waals surface area contributed by atoms with Crippen molar-refractivity contribution in [3.8, 4) is 0 Å². The van der Waals surface area contributed by atoms with Crippen molar-refractivity contribution >= 4 is 17.7 Å². The maximum Gasteiger partial charge on any atom is 0.268 e. The molecule has 0 aliphatic carbocycles. The minimum absolute atomic E-state index is 0.326. The van der Waals surface area contributed by atoms with Crippen LogP contribution in [-0.2, 0) is 9.63 Å². The Morgan fingerprint density at radius 2 is 1.68 bits per heavy atom. The summed E-state index contributed by atoms with van der Waals surface area (Å²) in [5.74, 6) is -1.37. The molecule has 0 saturated carbocycles. The molecule has 0 aromatic heterocycles. The monoisotopic (exact) mass is 262 g/mol. The second kappa shape index (κ2) is 4.81. The fraction of sp³-hybridized carbons (Fsp3) is 0.308. The Labute approximate surface area is 110 Å². The first-order valence-electron chi connectivity index (χ1n) is 5.77. The first-order valence-corrected chi connectivity index (χ1v) is 5.77. The lowest BCUT2D eigenvalue weighted by Gasteiger charge is -2.25. The molecule has 0 spiro atoms. The number of rotatable bonds is 3. The van der Waals surface area contributed by atoms with E-state index in [4.69, 9.17) is 4.84 Å². The van der Waals surface area contributed by atoms with E-state index < -0.39 is 23.8 Å². The molecule has 1 aliphatic heterocycles. The minimum atomic E-state index is -0.905. The van der Waals surface area contributed by atoms with Crippen molar-refractivity contribution in [2.45, 2.75) is 13.0 Å². The number of carbonyl (C=O) groups is 3. The van der Waals surface area contributed by atoms with Gasteiger partial charge in [0.2, 0.25) is 0 Å². The molecule has 0 unspecified atom stereocenters. The molecule has 1 aromatic carbocycles. The quantitative estimate of drug-likeness (QED) is 0.594. The third kappa shape index (κ3) is 2.00. The Kier molecular flexibility index (Phi) is 3.35. The van der Waals surface area contributed by atoms with Crippen LogP contribution >= 0.6 is 0 Å². The predicted octanol–water partition coefficient (Wildman–Crippen LogP) is 0.691. The van der Waals surface area contributed by atoms with Crippen LogP contribution in [0.2, 0.25) is 0 Å². The molecule has 6 heteroatoms. The van der Waals surface area contributed by atoms with Crippen molar-refractivity contribution < 1.29 is 19.2 Å². The van der Waals surface area contributed by atoms with Gasteiger partial charge in [0.25, 0.3) is 17.7 Å². The van der Waals surface area contributed by atoms with E-state index in [0.717, 1.165) is 9.96 Å². The van der Waals surface area contributed by atoms with Gasteiger partial charge in [0.15, 0.2) is 0 Å². The molecule has 3 amide bonds. The van der Waals surface area contributed by atoms with Gasteiger partial charge >= 0.3 is 0 Å². The Morgan fingerprint density at radius 1 is 1.21 bits per heavy atom. The average molecular weight is 262 g/mol. The van der Waals surface area contributed by atoms with Crippen LogP contribution in [0.4, 0.5) is 0 Å². The molecule has 100 valence electrons. The maximum absolute atomic E-state index is 12.2. The molecule has 1 aliphatic rings. The Morgan fingerprint density at radius 3 is 2.11 bits per heavy atom. The molecule has 1 aromatic rings. The van der Waals surface area contributed by atoms with E-state index in [0.29, 0.717) is 11.1 Å². The van der Waals surface area contributed by atoms with Crippen molar-refractivity contribution in [1.82, 2.24) is 9.96 Å². The van der Waals surface area contributed by atoms with Crippen LogP contribution in [0.1, 0.15) is 27.6 Å². The van der Waals surface area contributed by atoms with Gasteiger partial charge in [-0.15, -0.1) is 0 Å². The van der Waals surface area contributed by atoms with Crippen LogP contribution in [-0.4, -0.2) is 47.9 Å². The Hall–Kier alpha value is -2.21. The summed E-state index contributed by atoms with van der Waals surface area (Å²) in [4.78, 5) is 42.0. The summed E-state index contributed by atoms with van der Waals surface area (Å²) in [6, 6.07) is 5.61. The van der Waals surface area contributed by atoms with E-state index in [2.05, 4.69) is 0 Å². The van der Waals surface area contributed by atoms with Crippen LogP contribution < -0.4 is 0 Å². The van der Waals surface area contributed by atoms with Gasteiger partial charge < -0.3 is 0 Å². The van der Waals surface area contributed by atoms with Gasteiger partial charge in [-0.2, -0.15) is 0 Å². The van der Waals surface area contributed by atoms with Gasteiger partial charge in [0, 0.05) is 7.05 Å². The highest BCUT2D eigenvalue weighted by Gasteiger charge is 2.41. The summed E-state index contributed by atoms with van der Waals surface area (Å²) < 4.78 is 0. The number of likely N-dealkylation sites (N-methyl/N-ethyl adjacent to an activating group) is 1. The summed E-state index contributed by atoms with van der Waals surface area (Å²) in [6.45, 7) is 1.50. The number of nitrogens with zero attached hydrogens (tertiary/aromatic N) is 2. The molecule has 1 atom stereocenters. The lowest BCUT2D eigenvalue weighted by Crippen LogP contribution is -2.48. The summed E-state index contributed by atoms with van der Waals surface area (Å²) >= 11 is 0. The molecule has 6 nitrogen and oxygen atoms in total. The van der Waals surface area contributed by atoms with Gasteiger partial charge in [0.1, 0.15) is 6.04 Å². The van der Waals surface area contributed by atoms with Crippen molar-refractivity contribution in [2.24, 2.45) is 0 Å². The molecule has 0 saturated heterocycles. The molecule has 1 heterocycles. The lowest BCUT2D eigenvalue weighted by atomic mass is 10.1. The van der Waals surface area contributed by atoms with E-state index in [1.54, 1.807) is 24.3 Å². The van der Waals surface area contributed by atoms with Crippen LogP contribution in [0.5, 0.6) is 0 Å². The van der Waals surface area contributed by atoms with E-state index in [1.807, 2.05) is 0 Å². The summed E-state index contributed by atoms with van der Waals surface area (Å²) in [5.41, 5.74) is 0.652. The van der Waals surface area contributed by atoms with Gasteiger partial charge in [-0.3, -0.25) is 24.1 Å². The van der Waals surface area contributed by atoms with Crippen LogP contribution in [0.3, 0.4) is 0 Å². The molecule has 0 N–H and O–H groups in total. The third-order valence-corrected chi connectivity index (χ3v) is 3.15. The fourth-order valence-corrected chi connectivity index (χ4v) is 2.02. The number of hydroxylamine groups is 2. The van der Waals surface area contributed by atoms with Crippen molar-refractivity contribution in [3.63, 3.8) is 0 Å². The van der Waals surface area contributed by atoms with Crippen LogP contribution in [0, 0.1) is 0 Å². The second-order valence-corrected chi connectivity index (χ2v) is 4.22. The first-order chi connectivity index (χ1) is 8.99. The molecule has 0 radical (unpaired) electrons. The van der Waals surface area contributed by atoms with Gasteiger partial charge in [0.05, 0.1) is 18.2 Å². The van der Waals surface area contributed by atoms with Crippen LogP contribution in [0.25, 0.3) is 0 Å². The topological polar surface area (TPSA) is 66.9 Å². The largest absolute Gasteiger partial charge is 0.275 e. The standard InChI is InChI=1S/C13H14N2O4/c1-8(11(16)14(2)19-3)15-12(17)9-6-4-5-7-10(9)13(15)18/h4-8H,1-3H3/t8-/m0/s1. The van der Waals surface area contributed by atoms with E-state index in [-0.39, 0.29) is 0 Å². The van der Waals surface area contributed by atoms with E-state index in [9.17, 15) is 14.4 Å². The van der Waals surface area contributed by atoms with E-state index >= 15 is 0 Å². The van der Waals surface area contributed by atoms with E-state index in [1.165, 1.54) is 21.1 Å². The molecule has 19 heavy (non-hydrogen) atoms. The minimum Gasteiger partial charge on any atom is -0.275 e. The zero-order chi connectivity index (χ0) is 14.2. The molecular formula is C13H14N2O4. The fourth-order valence-electron chi connectivity index (χ4n) is 2.02. The number of amides is 3. The number of carbonyl (C=O) groups excluding carboxylic acids is 3. The zero-order valence-corrected chi connectivity index (χ0v) is 10.9. The third-order valence-electron chi connectivity index (χ3n) is 3.15. The Balaban J connectivity index is 2.32. The number of benzene rings is 1. The van der Waals surface area contributed by atoms with Crippen LogP contribution in [0.15, 0.2) is 24.3 Å². The van der Waals surface area contributed by atoms with Crippen molar-refractivity contribution in [1.29, 1.82) is 0 Å². The summed E-state index contributed by atoms with van der Waals surface area (Å²) in [5, 5.41) is 0.994. The number of hydrogen-bond acceptors (Lipinski definition) is 4. The number of hydrogen-bond donors (Lipinski definition) is 0. The normalized spacial score (nSPS) is 15.4. The second-order valence-electron chi connectivity index (χ2n) is 4.22. The van der Waals surface area contributed by atoms with Crippen molar-refractivity contribution in [3.05, 3.63) is 35.4 Å². The number of imide groups is 1. The first kappa shape index (κ1) is 13.2. The highest BCUT2D eigenvalue weighted by molar-refractivity contribution is 6.22. The highest BCUT2D eigenvalue weighted by atomic mass is 16.7. The SMILES string of the molecule is CON(C)C(=O)[C@H](C)N1C(=O)c2ccccc2C1=O. The predicted molar refractivity (Wildman–Crippen MR) is 66.2 cm³/mol. The maximum atomic E-state index is 12.2. The number of fused-ring (bicyclic) bond motifs is 1. The highest BCUT2D eigenvalue weighted by Crippen LogP contribution is 2.24. The smallest absolute Gasteiger partial charge is 0.268 e. The molecule has 2 rings (SSSR count). The summed E-state index contributed by atoms with van der Waals surface area (Å²) in [6.07, 6.45) is 0. The molecule has 0 bridgehead atoms. The average Bonchev–Trinajstić information content (AvgIpc) is 2.69. The molecule has 0 fully saturated rings. The summed E-state index contributed by atoms with van der Waals surface area (Å²) in [7, 11) is 2.77. The molecular weight excluding hydrogens is 248 g/mol. The lowest BCUT2D eigenvalue weighted by molar-refractivity contribution is -0.172.